The van der Waals surface area contributed by atoms with Crippen molar-refractivity contribution in [3.63, 3.8) is 0 Å². The minimum atomic E-state index is 0.0275. The molecule has 0 aromatic rings. The first kappa shape index (κ1) is 11.0. The Balaban J connectivity index is 2.47. The summed E-state index contributed by atoms with van der Waals surface area (Å²) in [6.45, 7) is 5.08. The second kappa shape index (κ2) is 4.99. The van der Waals surface area contributed by atoms with Crippen molar-refractivity contribution in [3.8, 4) is 0 Å². The van der Waals surface area contributed by atoms with Crippen molar-refractivity contribution in [1.82, 2.24) is 4.90 Å². The largest absolute Gasteiger partial charge is 0.339 e. The molecule has 1 saturated carbocycles. The van der Waals surface area contributed by atoms with Crippen molar-refractivity contribution in [3.05, 3.63) is 0 Å². The molecule has 0 aliphatic heterocycles. The smallest absolute Gasteiger partial charge is 0.236 e. The van der Waals surface area contributed by atoms with Crippen LogP contribution in [0.1, 0.15) is 39.5 Å². The predicted octanol–water partition coefficient (Wildman–Crippen LogP) is 2.56. The van der Waals surface area contributed by atoms with E-state index >= 15 is 0 Å². The number of amides is 1. The topological polar surface area (TPSA) is 20.3 Å². The lowest BCUT2D eigenvalue weighted by atomic mass is 10.2. The summed E-state index contributed by atoms with van der Waals surface area (Å²) >= 11 is 3.42. The summed E-state index contributed by atoms with van der Waals surface area (Å²) in [5.74, 6) is 0.284. The van der Waals surface area contributed by atoms with Gasteiger partial charge >= 0.3 is 0 Å². The van der Waals surface area contributed by atoms with Crippen molar-refractivity contribution in [2.75, 3.05) is 6.54 Å². The van der Waals surface area contributed by atoms with Gasteiger partial charge in [0.15, 0.2) is 0 Å². The molecule has 1 aliphatic rings. The van der Waals surface area contributed by atoms with E-state index in [9.17, 15) is 4.79 Å². The van der Waals surface area contributed by atoms with Gasteiger partial charge in [-0.05, 0) is 25.7 Å². The lowest BCUT2D eigenvalue weighted by Gasteiger charge is -2.23. The maximum Gasteiger partial charge on any atom is 0.236 e. The molecular weight excluding hydrogens is 230 g/mol. The molecule has 1 aliphatic carbocycles. The second-order valence-corrected chi connectivity index (χ2v) is 4.74. The first-order valence-corrected chi connectivity index (χ1v) is 6.06. The lowest BCUT2D eigenvalue weighted by molar-refractivity contribution is -0.131. The van der Waals surface area contributed by atoms with Crippen LogP contribution in [0.5, 0.6) is 0 Å². The standard InChI is InChI=1S/C10H18BrNO/c1-3-7-12(8-5-6-8)10(13)9(11)4-2/h8-9H,3-7H2,1-2H3. The highest BCUT2D eigenvalue weighted by molar-refractivity contribution is 9.10. The highest BCUT2D eigenvalue weighted by Gasteiger charge is 2.33. The van der Waals surface area contributed by atoms with Crippen molar-refractivity contribution in [2.45, 2.75) is 50.4 Å². The van der Waals surface area contributed by atoms with Crippen LogP contribution in [0.4, 0.5) is 0 Å². The zero-order valence-electron chi connectivity index (χ0n) is 8.42. The van der Waals surface area contributed by atoms with Gasteiger partial charge in [-0.2, -0.15) is 0 Å². The van der Waals surface area contributed by atoms with Gasteiger partial charge < -0.3 is 4.90 Å². The molecule has 3 heteroatoms. The Hall–Kier alpha value is -0.0500. The van der Waals surface area contributed by atoms with Gasteiger partial charge in [-0.1, -0.05) is 29.8 Å². The van der Waals surface area contributed by atoms with Crippen molar-refractivity contribution in [2.24, 2.45) is 0 Å². The van der Waals surface area contributed by atoms with Gasteiger partial charge in [0.2, 0.25) is 5.91 Å². The Morgan fingerprint density at radius 1 is 1.54 bits per heavy atom. The summed E-state index contributed by atoms with van der Waals surface area (Å²) in [5.41, 5.74) is 0. The molecule has 1 atom stereocenters. The third-order valence-corrected chi connectivity index (χ3v) is 3.40. The zero-order valence-corrected chi connectivity index (χ0v) is 10.0. The fourth-order valence-corrected chi connectivity index (χ4v) is 1.72. The van der Waals surface area contributed by atoms with Crippen LogP contribution in [-0.4, -0.2) is 28.2 Å². The van der Waals surface area contributed by atoms with Crippen LogP contribution in [-0.2, 0) is 4.79 Å². The molecule has 76 valence electrons. The van der Waals surface area contributed by atoms with Crippen LogP contribution in [0.25, 0.3) is 0 Å². The fraction of sp³-hybridized carbons (Fsp3) is 0.900. The number of rotatable bonds is 5. The quantitative estimate of drug-likeness (QED) is 0.685. The van der Waals surface area contributed by atoms with Crippen molar-refractivity contribution >= 4 is 21.8 Å². The van der Waals surface area contributed by atoms with Gasteiger partial charge in [-0.15, -0.1) is 0 Å². The van der Waals surface area contributed by atoms with E-state index in [1.54, 1.807) is 0 Å². The molecule has 0 aromatic heterocycles. The minimum absolute atomic E-state index is 0.0275. The highest BCUT2D eigenvalue weighted by Crippen LogP contribution is 2.28. The molecule has 13 heavy (non-hydrogen) atoms. The average molecular weight is 248 g/mol. The lowest BCUT2D eigenvalue weighted by Crippen LogP contribution is -2.38. The fourth-order valence-electron chi connectivity index (χ4n) is 1.45. The maximum absolute atomic E-state index is 11.8. The average Bonchev–Trinajstić information content (AvgIpc) is 2.95. The van der Waals surface area contributed by atoms with Gasteiger partial charge in [-0.25, -0.2) is 0 Å². The molecule has 1 fully saturated rings. The SMILES string of the molecule is CCCN(C(=O)C(Br)CC)C1CC1. The molecule has 1 rings (SSSR count). The predicted molar refractivity (Wildman–Crippen MR) is 58.0 cm³/mol. The Morgan fingerprint density at radius 2 is 2.15 bits per heavy atom. The van der Waals surface area contributed by atoms with E-state index < -0.39 is 0 Å². The van der Waals surface area contributed by atoms with E-state index in [4.69, 9.17) is 0 Å². The first-order chi connectivity index (χ1) is 6.20. The Kier molecular flexibility index (Phi) is 4.23. The van der Waals surface area contributed by atoms with Crippen LogP contribution in [0, 0.1) is 0 Å². The zero-order chi connectivity index (χ0) is 9.84. The molecule has 0 saturated heterocycles. The second-order valence-electron chi connectivity index (χ2n) is 3.64. The summed E-state index contributed by atoms with van der Waals surface area (Å²) in [5, 5.41) is 0. The third kappa shape index (κ3) is 2.97. The van der Waals surface area contributed by atoms with Gasteiger partial charge in [0.1, 0.15) is 0 Å². The molecule has 1 amide bonds. The van der Waals surface area contributed by atoms with Crippen molar-refractivity contribution in [1.29, 1.82) is 0 Å². The van der Waals surface area contributed by atoms with Crippen LogP contribution in [0.2, 0.25) is 0 Å². The van der Waals surface area contributed by atoms with Gasteiger partial charge in [-0.3, -0.25) is 4.79 Å². The number of carbonyl (C=O) groups excluding carboxylic acids is 1. The highest BCUT2D eigenvalue weighted by atomic mass is 79.9. The van der Waals surface area contributed by atoms with E-state index in [1.165, 1.54) is 12.8 Å². The monoisotopic (exact) mass is 247 g/mol. The molecule has 2 nitrogen and oxygen atoms in total. The minimum Gasteiger partial charge on any atom is -0.339 e. The van der Waals surface area contributed by atoms with Crippen LogP contribution >= 0.6 is 15.9 Å². The summed E-state index contributed by atoms with van der Waals surface area (Å²) in [6.07, 6.45) is 4.35. The van der Waals surface area contributed by atoms with Crippen LogP contribution in [0.15, 0.2) is 0 Å². The van der Waals surface area contributed by atoms with E-state index in [2.05, 4.69) is 22.9 Å². The Labute approximate surface area is 88.8 Å². The molecular formula is C10H18BrNO. The summed E-state index contributed by atoms with van der Waals surface area (Å²) in [6, 6.07) is 0.555. The van der Waals surface area contributed by atoms with Gasteiger partial charge in [0, 0.05) is 12.6 Å². The van der Waals surface area contributed by atoms with Crippen molar-refractivity contribution < 1.29 is 4.79 Å². The van der Waals surface area contributed by atoms with E-state index in [0.29, 0.717) is 6.04 Å². The summed E-state index contributed by atoms with van der Waals surface area (Å²) < 4.78 is 0. The van der Waals surface area contributed by atoms with E-state index in [0.717, 1.165) is 19.4 Å². The molecule has 0 heterocycles. The molecule has 1 unspecified atom stereocenters. The number of halogens is 1. The number of hydrogen-bond acceptors (Lipinski definition) is 1. The van der Waals surface area contributed by atoms with E-state index in [1.807, 2.05) is 11.8 Å². The number of nitrogens with zero attached hydrogens (tertiary/aromatic N) is 1. The number of carbonyl (C=O) groups is 1. The van der Waals surface area contributed by atoms with Crippen LogP contribution < -0.4 is 0 Å². The van der Waals surface area contributed by atoms with Gasteiger partial charge in [0.25, 0.3) is 0 Å². The number of alkyl halides is 1. The summed E-state index contributed by atoms with van der Waals surface area (Å²) in [7, 11) is 0. The normalized spacial score (nSPS) is 18.4. The van der Waals surface area contributed by atoms with Crippen LogP contribution in [0.3, 0.4) is 0 Å². The van der Waals surface area contributed by atoms with E-state index in [-0.39, 0.29) is 10.7 Å². The Bertz CT molecular complexity index is 180. The van der Waals surface area contributed by atoms with Gasteiger partial charge in [0.05, 0.1) is 4.83 Å². The maximum atomic E-state index is 11.8. The first-order valence-electron chi connectivity index (χ1n) is 5.15. The molecule has 0 bridgehead atoms. The third-order valence-electron chi connectivity index (χ3n) is 2.36. The Morgan fingerprint density at radius 3 is 2.54 bits per heavy atom. The molecule has 0 aromatic carbocycles. The number of hydrogen-bond donors (Lipinski definition) is 0. The molecule has 0 N–H and O–H groups in total. The molecule has 0 radical (unpaired) electrons. The molecule has 0 spiro atoms. The summed E-state index contributed by atoms with van der Waals surface area (Å²) in [4.78, 5) is 13.9.